The maximum atomic E-state index is 13.9. The number of aromatic hydroxyl groups is 1. The summed E-state index contributed by atoms with van der Waals surface area (Å²) >= 11 is 0. The van der Waals surface area contributed by atoms with E-state index in [0.717, 1.165) is 16.7 Å². The number of para-hydroxylation sites is 2. The molecule has 5 rings (SSSR count). The Bertz CT molecular complexity index is 1470. The topological polar surface area (TPSA) is 55.1 Å². The summed E-state index contributed by atoms with van der Waals surface area (Å²) in [5, 5.41) is 15.6. The Morgan fingerprint density at radius 3 is 1.94 bits per heavy atom. The Kier molecular flexibility index (Phi) is 5.33. The molecule has 4 aromatic carbocycles. The summed E-state index contributed by atoms with van der Waals surface area (Å²) in [5.74, 6) is 0.0486. The number of nitrogens with zero attached hydrogens (tertiary/aromatic N) is 2. The largest absolute Gasteiger partial charge is 0.507 e. The van der Waals surface area contributed by atoms with E-state index in [9.17, 15) is 9.90 Å². The molecule has 0 fully saturated rings. The zero-order chi connectivity index (χ0) is 22.8. The predicted molar refractivity (Wildman–Crippen MR) is 133 cm³/mol. The summed E-state index contributed by atoms with van der Waals surface area (Å²) in [7, 11) is 0. The lowest BCUT2D eigenvalue weighted by Crippen LogP contribution is -2.25. The molecule has 0 amide bonds. The highest BCUT2D eigenvalue weighted by Crippen LogP contribution is 2.39. The van der Waals surface area contributed by atoms with E-state index in [4.69, 9.17) is 5.10 Å². The van der Waals surface area contributed by atoms with Crippen LogP contribution in [0.15, 0.2) is 114 Å². The number of aryl methyl sites for hydroxylation is 1. The van der Waals surface area contributed by atoms with Gasteiger partial charge in [0.05, 0.1) is 16.9 Å². The second kappa shape index (κ2) is 8.60. The van der Waals surface area contributed by atoms with Crippen LogP contribution < -0.4 is 5.56 Å². The third-order valence-corrected chi connectivity index (χ3v) is 5.65. The lowest BCUT2D eigenvalue weighted by molar-refractivity contribution is 0.477. The van der Waals surface area contributed by atoms with Gasteiger partial charge in [0.1, 0.15) is 5.75 Å². The van der Waals surface area contributed by atoms with Gasteiger partial charge >= 0.3 is 0 Å². The van der Waals surface area contributed by atoms with Crippen molar-refractivity contribution in [1.82, 2.24) is 9.78 Å². The molecule has 0 aliphatic rings. The van der Waals surface area contributed by atoms with Gasteiger partial charge in [0, 0.05) is 16.7 Å². The maximum absolute atomic E-state index is 13.9. The van der Waals surface area contributed by atoms with Crippen LogP contribution in [-0.2, 0) is 0 Å². The van der Waals surface area contributed by atoms with E-state index in [1.54, 1.807) is 18.2 Å². The molecule has 0 radical (unpaired) electrons. The first kappa shape index (κ1) is 20.5. The lowest BCUT2D eigenvalue weighted by atomic mass is 9.91. The molecule has 1 aromatic heterocycles. The molecular weight excluding hydrogens is 408 g/mol. The number of phenolic OH excluding ortho intramolecular Hbond substituents is 1. The van der Waals surface area contributed by atoms with E-state index in [2.05, 4.69) is 0 Å². The number of phenols is 1. The highest BCUT2D eigenvalue weighted by Gasteiger charge is 2.23. The summed E-state index contributed by atoms with van der Waals surface area (Å²) < 4.78 is 1.42. The molecule has 0 saturated carbocycles. The molecule has 0 bridgehead atoms. The van der Waals surface area contributed by atoms with E-state index in [1.807, 2.05) is 97.9 Å². The molecular formula is C29H22N2O2. The third kappa shape index (κ3) is 3.83. The Balaban J connectivity index is 1.96. The smallest absolute Gasteiger partial charge is 0.280 e. The second-order valence-electron chi connectivity index (χ2n) is 7.90. The van der Waals surface area contributed by atoms with E-state index < -0.39 is 0 Å². The summed E-state index contributed by atoms with van der Waals surface area (Å²) in [5.41, 5.74) is 5.50. The quantitative estimate of drug-likeness (QED) is 0.367. The molecule has 4 heteroatoms. The van der Waals surface area contributed by atoms with Gasteiger partial charge in [-0.05, 0) is 30.7 Å². The van der Waals surface area contributed by atoms with Gasteiger partial charge in [-0.2, -0.15) is 9.78 Å². The van der Waals surface area contributed by atoms with E-state index in [1.165, 1.54) is 4.68 Å². The fourth-order valence-electron chi connectivity index (χ4n) is 4.01. The molecule has 0 unspecified atom stereocenters. The minimum absolute atomic E-state index is 0.0486. The first-order valence-corrected chi connectivity index (χ1v) is 10.8. The van der Waals surface area contributed by atoms with Crippen molar-refractivity contribution in [3.63, 3.8) is 0 Å². The Labute approximate surface area is 192 Å². The SMILES string of the molecule is Cc1ccc(-c2nn(-c3ccccc3)c(=O)c(-c3ccccc3O)c2-c2ccccc2)cc1. The Morgan fingerprint density at radius 2 is 1.27 bits per heavy atom. The van der Waals surface area contributed by atoms with Gasteiger partial charge in [-0.15, -0.1) is 0 Å². The normalized spacial score (nSPS) is 10.8. The number of benzene rings is 4. The lowest BCUT2D eigenvalue weighted by Gasteiger charge is -2.18. The third-order valence-electron chi connectivity index (χ3n) is 5.65. The fraction of sp³-hybridized carbons (Fsp3) is 0.0345. The molecule has 0 saturated heterocycles. The van der Waals surface area contributed by atoms with Crippen molar-refractivity contribution >= 4 is 0 Å². The highest BCUT2D eigenvalue weighted by molar-refractivity contribution is 5.93. The molecule has 1 heterocycles. The number of rotatable bonds is 4. The van der Waals surface area contributed by atoms with Gasteiger partial charge in [-0.1, -0.05) is 96.6 Å². The molecule has 160 valence electrons. The van der Waals surface area contributed by atoms with E-state index >= 15 is 0 Å². The standard InChI is InChI=1S/C29H22N2O2/c1-20-16-18-22(19-17-20)28-26(21-10-4-2-5-11-21)27(24-14-8-9-15-25(24)32)29(33)31(30-28)23-12-6-3-7-13-23/h2-19,32H,1H3. The predicted octanol–water partition coefficient (Wildman–Crippen LogP) is 6.25. The van der Waals surface area contributed by atoms with Crippen LogP contribution in [0.5, 0.6) is 5.75 Å². The monoisotopic (exact) mass is 430 g/mol. The average Bonchev–Trinajstić information content (AvgIpc) is 2.86. The number of hydrogen-bond donors (Lipinski definition) is 1. The van der Waals surface area contributed by atoms with Gasteiger partial charge in [0.2, 0.25) is 0 Å². The van der Waals surface area contributed by atoms with E-state index in [-0.39, 0.29) is 11.3 Å². The van der Waals surface area contributed by atoms with Crippen molar-refractivity contribution in [2.45, 2.75) is 6.92 Å². The van der Waals surface area contributed by atoms with Crippen LogP contribution >= 0.6 is 0 Å². The molecule has 0 spiro atoms. The van der Waals surface area contributed by atoms with Crippen molar-refractivity contribution in [2.24, 2.45) is 0 Å². The van der Waals surface area contributed by atoms with Crippen molar-refractivity contribution in [3.8, 4) is 44.9 Å². The van der Waals surface area contributed by atoms with Crippen molar-refractivity contribution in [1.29, 1.82) is 0 Å². The van der Waals surface area contributed by atoms with Gasteiger partial charge < -0.3 is 5.11 Å². The zero-order valence-electron chi connectivity index (χ0n) is 18.1. The Morgan fingerprint density at radius 1 is 0.667 bits per heavy atom. The summed E-state index contributed by atoms with van der Waals surface area (Å²) in [6.07, 6.45) is 0. The van der Waals surface area contributed by atoms with Gasteiger partial charge in [0.15, 0.2) is 0 Å². The van der Waals surface area contributed by atoms with Crippen LogP contribution in [0.4, 0.5) is 0 Å². The van der Waals surface area contributed by atoms with Crippen LogP contribution in [0.25, 0.3) is 39.2 Å². The molecule has 0 aliphatic heterocycles. The van der Waals surface area contributed by atoms with Crippen LogP contribution in [-0.4, -0.2) is 14.9 Å². The molecule has 4 nitrogen and oxygen atoms in total. The average molecular weight is 431 g/mol. The zero-order valence-corrected chi connectivity index (χ0v) is 18.1. The minimum Gasteiger partial charge on any atom is -0.507 e. The molecule has 33 heavy (non-hydrogen) atoms. The molecule has 0 atom stereocenters. The molecule has 0 aliphatic carbocycles. The van der Waals surface area contributed by atoms with Gasteiger partial charge in [-0.3, -0.25) is 4.79 Å². The van der Waals surface area contributed by atoms with Crippen LogP contribution in [0.3, 0.4) is 0 Å². The van der Waals surface area contributed by atoms with Crippen LogP contribution in [0, 0.1) is 6.92 Å². The first-order chi connectivity index (χ1) is 16.1. The number of aromatic nitrogens is 2. The van der Waals surface area contributed by atoms with Crippen LogP contribution in [0.2, 0.25) is 0 Å². The second-order valence-corrected chi connectivity index (χ2v) is 7.90. The summed E-state index contributed by atoms with van der Waals surface area (Å²) in [6, 6.07) is 34.1. The maximum Gasteiger partial charge on any atom is 0.280 e. The molecule has 5 aromatic rings. The highest BCUT2D eigenvalue weighted by atomic mass is 16.3. The number of hydrogen-bond acceptors (Lipinski definition) is 3. The fourth-order valence-corrected chi connectivity index (χ4v) is 4.01. The minimum atomic E-state index is -0.294. The van der Waals surface area contributed by atoms with Crippen molar-refractivity contribution in [2.75, 3.05) is 0 Å². The first-order valence-electron chi connectivity index (χ1n) is 10.8. The van der Waals surface area contributed by atoms with Gasteiger partial charge in [-0.25, -0.2) is 0 Å². The molecule has 1 N–H and O–H groups in total. The van der Waals surface area contributed by atoms with Gasteiger partial charge in [0.25, 0.3) is 5.56 Å². The Hall–Kier alpha value is -4.44. The summed E-state index contributed by atoms with van der Waals surface area (Å²) in [6.45, 7) is 2.04. The van der Waals surface area contributed by atoms with E-state index in [0.29, 0.717) is 28.1 Å². The van der Waals surface area contributed by atoms with Crippen molar-refractivity contribution < 1.29 is 5.11 Å². The van der Waals surface area contributed by atoms with Crippen LogP contribution in [0.1, 0.15) is 5.56 Å². The summed E-state index contributed by atoms with van der Waals surface area (Å²) in [4.78, 5) is 13.9. The van der Waals surface area contributed by atoms with Crippen molar-refractivity contribution in [3.05, 3.63) is 125 Å².